The van der Waals surface area contributed by atoms with Gasteiger partial charge < -0.3 is 30.6 Å². The fourth-order valence-corrected chi connectivity index (χ4v) is 7.93. The second-order valence-electron chi connectivity index (χ2n) is 12.7. The second-order valence-corrected chi connectivity index (χ2v) is 12.7. The number of hydrogen-bond acceptors (Lipinski definition) is 9. The van der Waals surface area contributed by atoms with Gasteiger partial charge in [-0.3, -0.25) is 14.4 Å². The molecule has 1 fully saturated rings. The summed E-state index contributed by atoms with van der Waals surface area (Å²) in [6.07, 6.45) is -1.73. The molecule has 3 aliphatic carbocycles. The van der Waals surface area contributed by atoms with Gasteiger partial charge in [0.05, 0.1) is 22.8 Å². The molecular formula is C33H34O10. The summed E-state index contributed by atoms with van der Waals surface area (Å²) in [5, 5.41) is 67.8. The van der Waals surface area contributed by atoms with Crippen molar-refractivity contribution in [1.29, 1.82) is 0 Å². The average molecular weight is 591 g/mol. The Morgan fingerprint density at radius 1 is 0.953 bits per heavy atom. The van der Waals surface area contributed by atoms with E-state index in [-0.39, 0.29) is 11.1 Å². The topological polar surface area (TPSA) is 190 Å². The summed E-state index contributed by atoms with van der Waals surface area (Å²) in [4.78, 5) is 52.0. The number of hydrogen-bond donors (Lipinski definition) is 6. The first kappa shape index (κ1) is 30.2. The lowest BCUT2D eigenvalue weighted by atomic mass is 9.40. The molecule has 1 saturated carbocycles. The Balaban J connectivity index is 1.81. The van der Waals surface area contributed by atoms with Crippen molar-refractivity contribution in [2.75, 3.05) is 0 Å². The second kappa shape index (κ2) is 9.36. The molecule has 6 atom stereocenters. The SMILES string of the molecule is CC(=O)C1=C(O)[C@]2(O)C(=O)C3=C(O)c4c(O)cc(-c5ccc(C(=O)O)cc5)cc4[C@@H](C)[C@]3(C)[C@@H](O)[C@]2(C)C(C(C)C)C1=O. The van der Waals surface area contributed by atoms with Crippen molar-refractivity contribution in [2.45, 2.75) is 59.2 Å². The maximum Gasteiger partial charge on any atom is 0.335 e. The van der Waals surface area contributed by atoms with Gasteiger partial charge in [-0.25, -0.2) is 4.79 Å². The highest BCUT2D eigenvalue weighted by molar-refractivity contribution is 6.24. The van der Waals surface area contributed by atoms with Gasteiger partial charge in [-0.2, -0.15) is 0 Å². The Morgan fingerprint density at radius 3 is 2.05 bits per heavy atom. The fraction of sp³-hybridized carbons (Fsp3) is 0.394. The number of aliphatic hydroxyl groups is 4. The van der Waals surface area contributed by atoms with Gasteiger partial charge in [0.25, 0.3) is 0 Å². The van der Waals surface area contributed by atoms with Crippen LogP contribution in [0.2, 0.25) is 0 Å². The minimum absolute atomic E-state index is 0.0635. The lowest BCUT2D eigenvalue weighted by Gasteiger charge is -2.63. The number of phenols is 1. The molecule has 2 aromatic carbocycles. The standard InChI is InChI=1S/C33H34O10/c1-13(2)23-25(36)21(15(4)34)27(38)33(43)28(39)24-26(37)22-19(14(3)31(24,5)30(42)32(23,33)6)11-18(12-20(22)35)16-7-9-17(10-8-16)29(40)41/h7-14,23,30,35,37-38,42-43H,1-6H3,(H,40,41)/t14-,23?,30-,31+,32+,33+/m1/s1. The third-order valence-corrected chi connectivity index (χ3v) is 10.2. The van der Waals surface area contributed by atoms with E-state index in [1.54, 1.807) is 39.0 Å². The molecule has 5 rings (SSSR count). The van der Waals surface area contributed by atoms with E-state index < -0.39 is 92.0 Å². The molecule has 6 N–H and O–H groups in total. The fourth-order valence-electron chi connectivity index (χ4n) is 7.93. The van der Waals surface area contributed by atoms with E-state index in [1.807, 2.05) is 0 Å². The quantitative estimate of drug-likeness (QED) is 0.283. The van der Waals surface area contributed by atoms with Crippen LogP contribution >= 0.6 is 0 Å². The zero-order chi connectivity index (χ0) is 32.1. The Morgan fingerprint density at radius 2 is 1.53 bits per heavy atom. The molecule has 0 aromatic heterocycles. The number of allylic oxidation sites excluding steroid dienone is 1. The van der Waals surface area contributed by atoms with Crippen molar-refractivity contribution >= 4 is 29.1 Å². The maximum atomic E-state index is 14.5. The van der Waals surface area contributed by atoms with Crippen LogP contribution in [0.4, 0.5) is 0 Å². The summed E-state index contributed by atoms with van der Waals surface area (Å²) in [5.41, 5.74) is -6.46. The van der Waals surface area contributed by atoms with E-state index >= 15 is 0 Å². The van der Waals surface area contributed by atoms with Crippen LogP contribution in [0.1, 0.15) is 68.9 Å². The summed E-state index contributed by atoms with van der Waals surface area (Å²) in [5.74, 6) is -8.91. The summed E-state index contributed by atoms with van der Waals surface area (Å²) in [6, 6.07) is 8.92. The van der Waals surface area contributed by atoms with Crippen LogP contribution in [0.5, 0.6) is 5.75 Å². The lowest BCUT2D eigenvalue weighted by Crippen LogP contribution is -2.75. The van der Waals surface area contributed by atoms with Gasteiger partial charge in [-0.05, 0) is 59.7 Å². The Labute approximate surface area is 247 Å². The van der Waals surface area contributed by atoms with Crippen LogP contribution in [0.25, 0.3) is 16.9 Å². The molecule has 10 nitrogen and oxygen atoms in total. The minimum Gasteiger partial charge on any atom is -0.508 e. The number of carbonyl (C=O) groups is 4. The molecule has 3 aliphatic rings. The van der Waals surface area contributed by atoms with Crippen LogP contribution in [-0.2, 0) is 14.4 Å². The maximum absolute atomic E-state index is 14.5. The minimum atomic E-state index is -2.95. The molecule has 10 heteroatoms. The highest BCUT2D eigenvalue weighted by Gasteiger charge is 2.77. The molecule has 0 radical (unpaired) electrons. The Hall–Kier alpha value is -4.28. The van der Waals surface area contributed by atoms with Gasteiger partial charge in [0.2, 0.25) is 5.78 Å². The summed E-state index contributed by atoms with van der Waals surface area (Å²) in [6.45, 7) is 8.87. The third-order valence-electron chi connectivity index (χ3n) is 10.2. The number of rotatable bonds is 4. The summed E-state index contributed by atoms with van der Waals surface area (Å²) < 4.78 is 0. The van der Waals surface area contributed by atoms with E-state index in [1.165, 1.54) is 32.0 Å². The summed E-state index contributed by atoms with van der Waals surface area (Å²) >= 11 is 0. The number of Topliss-reactive ketones (excluding diaryl/α,β-unsaturated/α-hetero) is 3. The van der Waals surface area contributed by atoms with Gasteiger partial charge in [0.15, 0.2) is 17.2 Å². The molecule has 0 spiro atoms. The molecular weight excluding hydrogens is 556 g/mol. The van der Waals surface area contributed by atoms with Crippen LogP contribution in [0.15, 0.2) is 53.3 Å². The van der Waals surface area contributed by atoms with E-state index in [9.17, 15) is 49.8 Å². The first-order chi connectivity index (χ1) is 19.9. The highest BCUT2D eigenvalue weighted by atomic mass is 16.4. The van der Waals surface area contributed by atoms with Gasteiger partial charge in [0, 0.05) is 16.7 Å². The number of benzene rings is 2. The monoisotopic (exact) mass is 590 g/mol. The number of carbonyl (C=O) groups excluding carboxylic acids is 3. The number of fused-ring (bicyclic) bond motifs is 3. The molecule has 2 aromatic rings. The number of phenolic OH excluding ortho intramolecular Hbond substituents is 1. The number of aromatic carboxylic acids is 1. The average Bonchev–Trinajstić information content (AvgIpc) is 2.92. The first-order valence-corrected chi connectivity index (χ1v) is 14.0. The Bertz CT molecular complexity index is 1700. The van der Waals surface area contributed by atoms with Crippen molar-refractivity contribution in [3.05, 3.63) is 70.0 Å². The predicted molar refractivity (Wildman–Crippen MR) is 154 cm³/mol. The lowest BCUT2D eigenvalue weighted by molar-refractivity contribution is -0.215. The van der Waals surface area contributed by atoms with E-state index in [0.29, 0.717) is 16.7 Å². The highest BCUT2D eigenvalue weighted by Crippen LogP contribution is 2.67. The molecule has 226 valence electrons. The Kier molecular flexibility index (Phi) is 6.57. The molecule has 43 heavy (non-hydrogen) atoms. The van der Waals surface area contributed by atoms with Crippen LogP contribution in [-0.4, -0.2) is 65.7 Å². The van der Waals surface area contributed by atoms with Crippen LogP contribution < -0.4 is 0 Å². The van der Waals surface area contributed by atoms with E-state index in [0.717, 1.165) is 6.92 Å². The molecule has 0 saturated heterocycles. The van der Waals surface area contributed by atoms with Crippen molar-refractivity contribution in [3.63, 3.8) is 0 Å². The van der Waals surface area contributed by atoms with Gasteiger partial charge in [0.1, 0.15) is 22.8 Å². The van der Waals surface area contributed by atoms with E-state index in [4.69, 9.17) is 0 Å². The van der Waals surface area contributed by atoms with Gasteiger partial charge >= 0.3 is 5.97 Å². The summed E-state index contributed by atoms with van der Waals surface area (Å²) in [7, 11) is 0. The van der Waals surface area contributed by atoms with Crippen molar-refractivity contribution < 1.29 is 49.8 Å². The molecule has 0 amide bonds. The molecule has 1 unspecified atom stereocenters. The first-order valence-electron chi connectivity index (χ1n) is 14.0. The van der Waals surface area contributed by atoms with Gasteiger partial charge in [-0.1, -0.05) is 46.8 Å². The number of carboxylic acid groups (broad SMARTS) is 1. The van der Waals surface area contributed by atoms with Crippen LogP contribution in [0, 0.1) is 22.7 Å². The zero-order valence-corrected chi connectivity index (χ0v) is 24.6. The number of aromatic hydroxyl groups is 1. The molecule has 0 aliphatic heterocycles. The third kappa shape index (κ3) is 3.53. The van der Waals surface area contributed by atoms with Gasteiger partial charge in [-0.15, -0.1) is 0 Å². The van der Waals surface area contributed by atoms with Crippen LogP contribution in [0.3, 0.4) is 0 Å². The normalized spacial score (nSPS) is 32.0. The number of aliphatic hydroxyl groups excluding tert-OH is 3. The predicted octanol–water partition coefficient (Wildman–Crippen LogP) is 4.09. The largest absolute Gasteiger partial charge is 0.508 e. The smallest absolute Gasteiger partial charge is 0.335 e. The number of carboxylic acids is 1. The zero-order valence-electron chi connectivity index (χ0n) is 24.6. The van der Waals surface area contributed by atoms with Crippen molar-refractivity contribution in [2.24, 2.45) is 22.7 Å². The van der Waals surface area contributed by atoms with Crippen molar-refractivity contribution in [1.82, 2.24) is 0 Å². The van der Waals surface area contributed by atoms with E-state index in [2.05, 4.69) is 0 Å². The number of ketones is 3. The molecule has 0 bridgehead atoms. The molecule has 0 heterocycles. The van der Waals surface area contributed by atoms with Crippen molar-refractivity contribution in [3.8, 4) is 16.9 Å².